The standard InChI is InChI=1S/C21H23N3O3S/c1-14-7-6-8-15(2)21(14)22-18(25)11-23(3)19(26)12-24-16-9-4-5-10-17(16)28-13-20(24)27/h4-10H,11-13H2,1-3H3,(H,22,25). The Morgan fingerprint density at radius 2 is 1.79 bits per heavy atom. The summed E-state index contributed by atoms with van der Waals surface area (Å²) in [4.78, 5) is 41.2. The van der Waals surface area contributed by atoms with Crippen molar-refractivity contribution in [2.75, 3.05) is 36.1 Å². The smallest absolute Gasteiger partial charge is 0.243 e. The van der Waals surface area contributed by atoms with Gasteiger partial charge in [-0.15, -0.1) is 11.8 Å². The molecule has 0 saturated carbocycles. The highest BCUT2D eigenvalue weighted by atomic mass is 32.2. The van der Waals surface area contributed by atoms with E-state index >= 15 is 0 Å². The van der Waals surface area contributed by atoms with E-state index in [4.69, 9.17) is 0 Å². The first-order chi connectivity index (χ1) is 13.4. The molecule has 0 aromatic heterocycles. The third-order valence-electron chi connectivity index (χ3n) is 4.65. The fraction of sp³-hybridized carbons (Fsp3) is 0.286. The fourth-order valence-corrected chi connectivity index (χ4v) is 4.01. The zero-order valence-electron chi connectivity index (χ0n) is 16.2. The molecule has 0 unspecified atom stereocenters. The van der Waals surface area contributed by atoms with E-state index in [-0.39, 0.29) is 30.8 Å². The maximum atomic E-state index is 12.6. The first kappa shape index (κ1) is 19.9. The van der Waals surface area contributed by atoms with Crippen LogP contribution in [0.5, 0.6) is 0 Å². The number of nitrogens with zero attached hydrogens (tertiary/aromatic N) is 2. The second kappa shape index (κ2) is 8.48. The molecule has 3 amide bonds. The molecule has 6 nitrogen and oxygen atoms in total. The van der Waals surface area contributed by atoms with E-state index in [1.807, 2.05) is 56.3 Å². The third kappa shape index (κ3) is 4.36. The van der Waals surface area contributed by atoms with Crippen molar-refractivity contribution in [3.63, 3.8) is 0 Å². The van der Waals surface area contributed by atoms with Crippen LogP contribution in [0.1, 0.15) is 11.1 Å². The molecule has 28 heavy (non-hydrogen) atoms. The molecule has 0 radical (unpaired) electrons. The fourth-order valence-electron chi connectivity index (χ4n) is 3.08. The Bertz CT molecular complexity index is 909. The van der Waals surface area contributed by atoms with Gasteiger partial charge in [-0.05, 0) is 37.1 Å². The molecular formula is C21H23N3O3S. The van der Waals surface area contributed by atoms with Crippen molar-refractivity contribution in [2.24, 2.45) is 0 Å². The average Bonchev–Trinajstić information content (AvgIpc) is 2.67. The first-order valence-electron chi connectivity index (χ1n) is 8.99. The summed E-state index contributed by atoms with van der Waals surface area (Å²) in [6.07, 6.45) is 0. The average molecular weight is 398 g/mol. The van der Waals surface area contributed by atoms with Crippen molar-refractivity contribution in [3.05, 3.63) is 53.6 Å². The number of hydrogen-bond acceptors (Lipinski definition) is 4. The summed E-state index contributed by atoms with van der Waals surface area (Å²) >= 11 is 1.47. The second-order valence-electron chi connectivity index (χ2n) is 6.80. The van der Waals surface area contributed by atoms with E-state index in [0.29, 0.717) is 5.75 Å². The van der Waals surface area contributed by atoms with Crippen LogP contribution in [-0.2, 0) is 14.4 Å². The number of carbonyl (C=O) groups is 3. The minimum absolute atomic E-state index is 0.0783. The largest absolute Gasteiger partial charge is 0.335 e. The molecule has 0 bridgehead atoms. The summed E-state index contributed by atoms with van der Waals surface area (Å²) in [6.45, 7) is 3.69. The van der Waals surface area contributed by atoms with E-state index in [2.05, 4.69) is 5.32 Å². The van der Waals surface area contributed by atoms with Crippen LogP contribution in [0.4, 0.5) is 11.4 Å². The molecule has 1 aliphatic heterocycles. The zero-order chi connectivity index (χ0) is 20.3. The molecule has 0 spiro atoms. The van der Waals surface area contributed by atoms with Gasteiger partial charge in [0.1, 0.15) is 6.54 Å². The number of rotatable bonds is 5. The van der Waals surface area contributed by atoms with E-state index in [0.717, 1.165) is 27.4 Å². The molecule has 2 aromatic carbocycles. The Morgan fingerprint density at radius 3 is 2.50 bits per heavy atom. The van der Waals surface area contributed by atoms with E-state index in [9.17, 15) is 14.4 Å². The number of aryl methyl sites for hydroxylation is 2. The quantitative estimate of drug-likeness (QED) is 0.842. The lowest BCUT2D eigenvalue weighted by molar-refractivity contribution is -0.133. The highest BCUT2D eigenvalue weighted by Crippen LogP contribution is 2.34. The number of thioether (sulfide) groups is 1. The summed E-state index contributed by atoms with van der Waals surface area (Å²) in [7, 11) is 1.57. The minimum atomic E-state index is -0.285. The molecule has 7 heteroatoms. The van der Waals surface area contributed by atoms with Gasteiger partial charge in [0.2, 0.25) is 17.7 Å². The van der Waals surface area contributed by atoms with E-state index < -0.39 is 0 Å². The number of fused-ring (bicyclic) bond motifs is 1. The van der Waals surface area contributed by atoms with Gasteiger partial charge in [-0.1, -0.05) is 30.3 Å². The number of benzene rings is 2. The van der Waals surface area contributed by atoms with Gasteiger partial charge in [-0.25, -0.2) is 0 Å². The lowest BCUT2D eigenvalue weighted by atomic mass is 10.1. The number of nitrogens with one attached hydrogen (secondary N) is 1. The molecule has 0 atom stereocenters. The Hall–Kier alpha value is -2.80. The van der Waals surface area contributed by atoms with Gasteiger partial charge in [0, 0.05) is 17.6 Å². The van der Waals surface area contributed by atoms with Crippen LogP contribution in [-0.4, -0.2) is 48.5 Å². The van der Waals surface area contributed by atoms with Crippen molar-refractivity contribution >= 4 is 40.9 Å². The van der Waals surface area contributed by atoms with Gasteiger partial charge in [-0.3, -0.25) is 14.4 Å². The molecule has 1 N–H and O–H groups in total. The maximum absolute atomic E-state index is 12.6. The van der Waals surface area contributed by atoms with Crippen molar-refractivity contribution < 1.29 is 14.4 Å². The van der Waals surface area contributed by atoms with Gasteiger partial charge < -0.3 is 15.1 Å². The minimum Gasteiger partial charge on any atom is -0.335 e. The topological polar surface area (TPSA) is 69.7 Å². The molecule has 1 heterocycles. The number of amides is 3. The first-order valence-corrected chi connectivity index (χ1v) is 9.97. The molecular weight excluding hydrogens is 374 g/mol. The summed E-state index contributed by atoms with van der Waals surface area (Å²) in [5.41, 5.74) is 3.45. The summed E-state index contributed by atoms with van der Waals surface area (Å²) in [5, 5.41) is 2.88. The second-order valence-corrected chi connectivity index (χ2v) is 7.82. The maximum Gasteiger partial charge on any atom is 0.243 e. The van der Waals surface area contributed by atoms with Crippen molar-refractivity contribution in [1.82, 2.24) is 4.90 Å². The zero-order valence-corrected chi connectivity index (χ0v) is 17.0. The molecule has 146 valence electrons. The van der Waals surface area contributed by atoms with E-state index in [1.165, 1.54) is 21.6 Å². The van der Waals surface area contributed by atoms with E-state index in [1.54, 1.807) is 7.05 Å². The molecule has 2 aromatic rings. The number of para-hydroxylation sites is 2. The third-order valence-corrected chi connectivity index (χ3v) is 5.70. The number of carbonyl (C=O) groups excluding carboxylic acids is 3. The summed E-state index contributed by atoms with van der Waals surface area (Å²) in [6, 6.07) is 13.3. The van der Waals surface area contributed by atoms with Crippen LogP contribution in [0, 0.1) is 13.8 Å². The lowest BCUT2D eigenvalue weighted by Crippen LogP contribution is -2.45. The Morgan fingerprint density at radius 1 is 1.11 bits per heavy atom. The normalized spacial score (nSPS) is 13.1. The monoisotopic (exact) mass is 397 g/mol. The van der Waals surface area contributed by atoms with Crippen molar-refractivity contribution in [1.29, 1.82) is 0 Å². The van der Waals surface area contributed by atoms with Crippen LogP contribution in [0.25, 0.3) is 0 Å². The Labute approximate surface area is 168 Å². The van der Waals surface area contributed by atoms with Gasteiger partial charge in [0.25, 0.3) is 0 Å². The van der Waals surface area contributed by atoms with Crippen LogP contribution < -0.4 is 10.2 Å². The van der Waals surface area contributed by atoms with Gasteiger partial charge in [0.05, 0.1) is 18.0 Å². The SMILES string of the molecule is Cc1cccc(C)c1NC(=O)CN(C)C(=O)CN1C(=O)CSc2ccccc21. The molecule has 0 fully saturated rings. The van der Waals surface area contributed by atoms with Gasteiger partial charge >= 0.3 is 0 Å². The molecule has 0 saturated heterocycles. The number of hydrogen-bond donors (Lipinski definition) is 1. The summed E-state index contributed by atoms with van der Waals surface area (Å²) < 4.78 is 0. The van der Waals surface area contributed by atoms with Crippen LogP contribution >= 0.6 is 11.8 Å². The summed E-state index contributed by atoms with van der Waals surface area (Å²) in [5.74, 6) is -0.354. The van der Waals surface area contributed by atoms with Crippen molar-refractivity contribution in [2.45, 2.75) is 18.7 Å². The predicted molar refractivity (Wildman–Crippen MR) is 112 cm³/mol. The molecule has 1 aliphatic rings. The van der Waals surface area contributed by atoms with Gasteiger partial charge in [0.15, 0.2) is 0 Å². The number of likely N-dealkylation sites (N-methyl/N-ethyl adjacent to an activating group) is 1. The van der Waals surface area contributed by atoms with Crippen LogP contribution in [0.2, 0.25) is 0 Å². The Kier molecular flexibility index (Phi) is 6.04. The highest BCUT2D eigenvalue weighted by molar-refractivity contribution is 8.00. The Balaban J connectivity index is 1.63. The highest BCUT2D eigenvalue weighted by Gasteiger charge is 2.27. The van der Waals surface area contributed by atoms with Gasteiger partial charge in [-0.2, -0.15) is 0 Å². The lowest BCUT2D eigenvalue weighted by Gasteiger charge is -2.29. The molecule has 0 aliphatic carbocycles. The predicted octanol–water partition coefficient (Wildman–Crippen LogP) is 2.84. The van der Waals surface area contributed by atoms with Crippen molar-refractivity contribution in [3.8, 4) is 0 Å². The molecule has 3 rings (SSSR count). The number of anilines is 2. The van der Waals surface area contributed by atoms with Crippen LogP contribution in [0.3, 0.4) is 0 Å². The van der Waals surface area contributed by atoms with Crippen LogP contribution in [0.15, 0.2) is 47.4 Å².